The number of hydrogen-bond acceptors (Lipinski definition) is 4. The minimum absolute atomic E-state index is 0.00248. The normalized spacial score (nSPS) is 17.3. The number of nitrogens with zero attached hydrogens (tertiary/aromatic N) is 2. The van der Waals surface area contributed by atoms with Crippen LogP contribution in [-0.2, 0) is 0 Å². The van der Waals surface area contributed by atoms with Gasteiger partial charge in [-0.3, -0.25) is 4.79 Å². The molecule has 0 radical (unpaired) electrons. The molecule has 122 valence electrons. The van der Waals surface area contributed by atoms with Gasteiger partial charge in [-0.25, -0.2) is 4.98 Å². The lowest BCUT2D eigenvalue weighted by Crippen LogP contribution is -2.42. The molecule has 2 N–H and O–H groups in total. The zero-order valence-electron chi connectivity index (χ0n) is 13.0. The predicted molar refractivity (Wildman–Crippen MR) is 94.8 cm³/mol. The van der Waals surface area contributed by atoms with Crippen molar-refractivity contribution in [3.05, 3.63) is 40.4 Å². The molecule has 2 heterocycles. The largest absolute Gasteiger partial charge is 0.337 e. The molecule has 0 bridgehead atoms. The fraction of sp³-hybridized carbons (Fsp3) is 0.412. The third kappa shape index (κ3) is 3.57. The highest BCUT2D eigenvalue weighted by Crippen LogP contribution is 2.30. The number of aromatic nitrogens is 1. The number of thiazole rings is 1. The first kappa shape index (κ1) is 16.4. The summed E-state index contributed by atoms with van der Waals surface area (Å²) in [6, 6.07) is 7.75. The molecule has 0 saturated carbocycles. The maximum absolute atomic E-state index is 12.6. The third-order valence-corrected chi connectivity index (χ3v) is 5.60. The first-order chi connectivity index (χ1) is 11.1. The lowest BCUT2D eigenvalue weighted by Gasteiger charge is -2.33. The molecule has 6 heteroatoms. The SMILES string of the molecule is CC(N)C1CCN(C(=O)c2csc(-c3ccccc3Cl)n2)CC1. The molecular weight excluding hydrogens is 330 g/mol. The summed E-state index contributed by atoms with van der Waals surface area (Å²) in [5.41, 5.74) is 7.33. The first-order valence-corrected chi connectivity index (χ1v) is 9.07. The molecule has 0 spiro atoms. The number of amides is 1. The zero-order chi connectivity index (χ0) is 16.4. The lowest BCUT2D eigenvalue weighted by molar-refractivity contribution is 0.0676. The highest BCUT2D eigenvalue weighted by molar-refractivity contribution is 7.13. The molecule has 1 amide bonds. The minimum Gasteiger partial charge on any atom is -0.337 e. The van der Waals surface area contributed by atoms with E-state index in [0.717, 1.165) is 36.5 Å². The molecular formula is C17H20ClN3OS. The Morgan fingerprint density at radius 3 is 2.74 bits per heavy atom. The lowest BCUT2D eigenvalue weighted by atomic mass is 9.91. The molecule has 1 atom stereocenters. The maximum Gasteiger partial charge on any atom is 0.273 e. The Hall–Kier alpha value is -1.43. The van der Waals surface area contributed by atoms with Gasteiger partial charge in [-0.1, -0.05) is 29.8 Å². The van der Waals surface area contributed by atoms with Crippen LogP contribution in [0.25, 0.3) is 10.6 Å². The molecule has 3 rings (SSSR count). The number of rotatable bonds is 3. The number of likely N-dealkylation sites (tertiary alicyclic amines) is 1. The van der Waals surface area contributed by atoms with E-state index in [2.05, 4.69) is 4.98 Å². The van der Waals surface area contributed by atoms with Crippen molar-refractivity contribution < 1.29 is 4.79 Å². The summed E-state index contributed by atoms with van der Waals surface area (Å²) in [6.07, 6.45) is 1.93. The van der Waals surface area contributed by atoms with E-state index in [4.69, 9.17) is 17.3 Å². The second-order valence-corrected chi connectivity index (χ2v) is 7.27. The Kier molecular flexibility index (Phi) is 4.99. The van der Waals surface area contributed by atoms with Crippen molar-refractivity contribution in [3.63, 3.8) is 0 Å². The van der Waals surface area contributed by atoms with Gasteiger partial charge in [-0.15, -0.1) is 11.3 Å². The average molecular weight is 350 g/mol. The molecule has 2 aromatic rings. The van der Waals surface area contributed by atoms with Crippen molar-refractivity contribution in [2.75, 3.05) is 13.1 Å². The van der Waals surface area contributed by atoms with Gasteiger partial charge in [0.25, 0.3) is 5.91 Å². The Labute approximate surface area is 145 Å². The fourth-order valence-electron chi connectivity index (χ4n) is 2.92. The van der Waals surface area contributed by atoms with Crippen LogP contribution < -0.4 is 5.73 Å². The number of hydrogen-bond donors (Lipinski definition) is 1. The summed E-state index contributed by atoms with van der Waals surface area (Å²) in [5, 5.41) is 3.25. The highest BCUT2D eigenvalue weighted by atomic mass is 35.5. The Morgan fingerprint density at radius 2 is 2.09 bits per heavy atom. The summed E-state index contributed by atoms with van der Waals surface area (Å²) >= 11 is 7.65. The van der Waals surface area contributed by atoms with Crippen LogP contribution in [0, 0.1) is 5.92 Å². The van der Waals surface area contributed by atoms with Crippen molar-refractivity contribution in [3.8, 4) is 10.6 Å². The number of carbonyl (C=O) groups is 1. The summed E-state index contributed by atoms with van der Waals surface area (Å²) < 4.78 is 0. The van der Waals surface area contributed by atoms with Gasteiger partial charge in [-0.2, -0.15) is 0 Å². The van der Waals surface area contributed by atoms with Gasteiger partial charge >= 0.3 is 0 Å². The average Bonchev–Trinajstić information content (AvgIpc) is 3.04. The molecule has 23 heavy (non-hydrogen) atoms. The Morgan fingerprint density at radius 1 is 1.39 bits per heavy atom. The summed E-state index contributed by atoms with van der Waals surface area (Å²) in [7, 11) is 0. The summed E-state index contributed by atoms with van der Waals surface area (Å²) in [6.45, 7) is 3.55. The van der Waals surface area contributed by atoms with Gasteiger partial charge in [0.2, 0.25) is 0 Å². The van der Waals surface area contributed by atoms with Gasteiger partial charge in [0.1, 0.15) is 10.7 Å². The summed E-state index contributed by atoms with van der Waals surface area (Å²) in [5.74, 6) is 0.510. The van der Waals surface area contributed by atoms with E-state index in [-0.39, 0.29) is 11.9 Å². The second-order valence-electron chi connectivity index (χ2n) is 6.01. The number of piperidine rings is 1. The molecule has 1 aliphatic rings. The number of nitrogens with two attached hydrogens (primary N) is 1. The zero-order valence-corrected chi connectivity index (χ0v) is 14.6. The van der Waals surface area contributed by atoms with E-state index < -0.39 is 0 Å². The topological polar surface area (TPSA) is 59.2 Å². The predicted octanol–water partition coefficient (Wildman–Crippen LogP) is 3.66. The van der Waals surface area contributed by atoms with Crippen LogP contribution in [0.15, 0.2) is 29.6 Å². The van der Waals surface area contributed by atoms with E-state index >= 15 is 0 Å². The van der Waals surface area contributed by atoms with Crippen molar-refractivity contribution in [2.45, 2.75) is 25.8 Å². The van der Waals surface area contributed by atoms with Gasteiger partial charge in [0.15, 0.2) is 0 Å². The molecule has 1 unspecified atom stereocenters. The fourth-order valence-corrected chi connectivity index (χ4v) is 4.03. The van der Waals surface area contributed by atoms with Crippen LogP contribution in [0.3, 0.4) is 0 Å². The van der Waals surface area contributed by atoms with E-state index in [1.165, 1.54) is 11.3 Å². The smallest absolute Gasteiger partial charge is 0.273 e. The standard InChI is InChI=1S/C17H20ClN3OS/c1-11(19)12-6-8-21(9-7-12)17(22)15-10-23-16(20-15)13-4-2-3-5-14(13)18/h2-5,10-12H,6-9,19H2,1H3. The van der Waals surface area contributed by atoms with E-state index in [1.54, 1.807) is 0 Å². The van der Waals surface area contributed by atoms with E-state index in [9.17, 15) is 4.79 Å². The quantitative estimate of drug-likeness (QED) is 0.919. The molecule has 1 aromatic heterocycles. The second kappa shape index (κ2) is 6.99. The van der Waals surface area contributed by atoms with E-state index in [1.807, 2.05) is 41.5 Å². The third-order valence-electron chi connectivity index (χ3n) is 4.40. The van der Waals surface area contributed by atoms with Gasteiger partial charge < -0.3 is 10.6 Å². The van der Waals surface area contributed by atoms with Crippen molar-refractivity contribution in [2.24, 2.45) is 11.7 Å². The minimum atomic E-state index is 0.00248. The molecule has 4 nitrogen and oxygen atoms in total. The van der Waals surface area contributed by atoms with Gasteiger partial charge in [0, 0.05) is 30.1 Å². The monoisotopic (exact) mass is 349 g/mol. The molecule has 1 aromatic carbocycles. The van der Waals surface area contributed by atoms with Crippen molar-refractivity contribution in [1.29, 1.82) is 0 Å². The van der Waals surface area contributed by atoms with E-state index in [0.29, 0.717) is 16.6 Å². The summed E-state index contributed by atoms with van der Waals surface area (Å²) in [4.78, 5) is 19.0. The molecule has 1 saturated heterocycles. The molecule has 1 fully saturated rings. The van der Waals surface area contributed by atoms with Crippen molar-refractivity contribution in [1.82, 2.24) is 9.88 Å². The maximum atomic E-state index is 12.6. The van der Waals surface area contributed by atoms with Crippen LogP contribution in [0.4, 0.5) is 0 Å². The Bertz CT molecular complexity index is 693. The van der Waals surface area contributed by atoms with Crippen LogP contribution in [0.1, 0.15) is 30.3 Å². The van der Waals surface area contributed by atoms with Crippen LogP contribution in [-0.4, -0.2) is 34.9 Å². The first-order valence-electron chi connectivity index (χ1n) is 7.81. The van der Waals surface area contributed by atoms with Crippen molar-refractivity contribution >= 4 is 28.8 Å². The number of benzene rings is 1. The molecule has 1 aliphatic heterocycles. The van der Waals surface area contributed by atoms with Crippen LogP contribution in [0.2, 0.25) is 5.02 Å². The number of halogens is 1. The van der Waals surface area contributed by atoms with Crippen LogP contribution in [0.5, 0.6) is 0 Å². The highest BCUT2D eigenvalue weighted by Gasteiger charge is 2.26. The number of carbonyl (C=O) groups excluding carboxylic acids is 1. The Balaban J connectivity index is 1.71. The molecule has 0 aliphatic carbocycles. The van der Waals surface area contributed by atoms with Gasteiger partial charge in [-0.05, 0) is 31.7 Å². The van der Waals surface area contributed by atoms with Gasteiger partial charge in [0.05, 0.1) is 5.02 Å². The van der Waals surface area contributed by atoms with Crippen LogP contribution >= 0.6 is 22.9 Å².